The number of hydrogen-bond donors (Lipinski definition) is 0. The van der Waals surface area contributed by atoms with Crippen LogP contribution in [0.25, 0.3) is 11.4 Å². The maximum Gasteiger partial charge on any atom is 0.254 e. The number of carbonyl (C=O) groups is 1. The quantitative estimate of drug-likeness (QED) is 0.624. The van der Waals surface area contributed by atoms with E-state index in [1.54, 1.807) is 49.5 Å². The molecule has 1 fully saturated rings. The van der Waals surface area contributed by atoms with Gasteiger partial charge in [0.05, 0.1) is 14.2 Å². The topological polar surface area (TPSA) is 77.7 Å². The van der Waals surface area contributed by atoms with Gasteiger partial charge < -0.3 is 18.9 Å². The maximum absolute atomic E-state index is 13.3. The van der Waals surface area contributed by atoms with Crippen molar-refractivity contribution in [3.63, 3.8) is 0 Å². The molecule has 0 aliphatic carbocycles. The lowest BCUT2D eigenvalue weighted by Crippen LogP contribution is -2.38. The molecule has 7 nitrogen and oxygen atoms in total. The van der Waals surface area contributed by atoms with E-state index in [-0.39, 0.29) is 17.8 Å². The lowest BCUT2D eigenvalue weighted by atomic mass is 10.0. The van der Waals surface area contributed by atoms with E-state index in [2.05, 4.69) is 10.1 Å². The Balaban J connectivity index is 1.62. The molecule has 4 rings (SSSR count). The van der Waals surface area contributed by atoms with E-state index in [9.17, 15) is 9.18 Å². The molecule has 1 atom stereocenters. The fourth-order valence-corrected chi connectivity index (χ4v) is 3.61. The molecule has 0 radical (unpaired) electrons. The van der Waals surface area contributed by atoms with Gasteiger partial charge in [-0.1, -0.05) is 5.16 Å². The first kappa shape index (κ1) is 19.9. The van der Waals surface area contributed by atoms with Gasteiger partial charge in [-0.25, -0.2) is 4.39 Å². The Morgan fingerprint density at radius 2 is 1.80 bits per heavy atom. The first-order valence-corrected chi connectivity index (χ1v) is 9.72. The minimum atomic E-state index is -0.333. The van der Waals surface area contributed by atoms with Crippen molar-refractivity contribution in [3.05, 3.63) is 59.7 Å². The summed E-state index contributed by atoms with van der Waals surface area (Å²) in [4.78, 5) is 19.6. The fourth-order valence-electron chi connectivity index (χ4n) is 3.61. The van der Waals surface area contributed by atoms with Crippen LogP contribution >= 0.6 is 0 Å². The van der Waals surface area contributed by atoms with Crippen LogP contribution < -0.4 is 9.47 Å². The number of likely N-dealkylation sites (tertiary alicyclic amines) is 1. The number of aromatic nitrogens is 2. The van der Waals surface area contributed by atoms with Crippen LogP contribution in [0.15, 0.2) is 47.0 Å². The van der Waals surface area contributed by atoms with Crippen LogP contribution in [0.3, 0.4) is 0 Å². The molecular formula is C22H22FN3O4. The van der Waals surface area contributed by atoms with E-state index >= 15 is 0 Å². The summed E-state index contributed by atoms with van der Waals surface area (Å²) in [5.41, 5.74) is 1.12. The average molecular weight is 411 g/mol. The Labute approximate surface area is 173 Å². The van der Waals surface area contributed by atoms with Gasteiger partial charge in [0.1, 0.15) is 23.4 Å². The predicted octanol–water partition coefficient (Wildman–Crippen LogP) is 4.26. The standard InChI is InChI=1S/C22H22FN3O4/c1-28-17-11-15(12-18(13-17)29-2)22(27)26-10-4-3-5-19(26)21-24-20(25-30-21)14-6-8-16(23)9-7-14/h6-9,11-13,19H,3-5,10H2,1-2H3. The number of carbonyl (C=O) groups excluding carboxylic acids is 1. The number of nitrogens with zero attached hydrogens (tertiary/aromatic N) is 3. The second-order valence-corrected chi connectivity index (χ2v) is 7.07. The molecule has 1 amide bonds. The normalized spacial score (nSPS) is 16.4. The molecule has 2 aromatic carbocycles. The van der Waals surface area contributed by atoms with Gasteiger partial charge in [-0.15, -0.1) is 0 Å². The monoisotopic (exact) mass is 411 g/mol. The third kappa shape index (κ3) is 3.98. The number of piperidine rings is 1. The van der Waals surface area contributed by atoms with E-state index in [4.69, 9.17) is 14.0 Å². The molecule has 0 spiro atoms. The smallest absolute Gasteiger partial charge is 0.254 e. The Hall–Kier alpha value is -3.42. The summed E-state index contributed by atoms with van der Waals surface area (Å²) in [6.07, 6.45) is 2.56. The van der Waals surface area contributed by atoms with E-state index in [1.165, 1.54) is 12.1 Å². The molecule has 1 saturated heterocycles. The molecule has 1 aromatic heterocycles. The van der Waals surface area contributed by atoms with E-state index in [0.29, 0.717) is 40.9 Å². The van der Waals surface area contributed by atoms with Gasteiger partial charge in [-0.2, -0.15) is 4.98 Å². The molecule has 1 aliphatic heterocycles. The minimum absolute atomic E-state index is 0.154. The molecule has 0 bridgehead atoms. The van der Waals surface area contributed by atoms with Crippen LogP contribution in [-0.2, 0) is 0 Å². The highest BCUT2D eigenvalue weighted by molar-refractivity contribution is 5.95. The largest absolute Gasteiger partial charge is 0.497 e. The van der Waals surface area contributed by atoms with Crippen LogP contribution in [0.5, 0.6) is 11.5 Å². The van der Waals surface area contributed by atoms with Crippen molar-refractivity contribution in [1.82, 2.24) is 15.0 Å². The zero-order valence-electron chi connectivity index (χ0n) is 16.8. The zero-order chi connectivity index (χ0) is 21.1. The van der Waals surface area contributed by atoms with Crippen LogP contribution in [0.4, 0.5) is 4.39 Å². The summed E-state index contributed by atoms with van der Waals surface area (Å²) in [6, 6.07) is 10.6. The van der Waals surface area contributed by atoms with Crippen LogP contribution in [0, 0.1) is 5.82 Å². The highest BCUT2D eigenvalue weighted by Crippen LogP contribution is 2.33. The minimum Gasteiger partial charge on any atom is -0.497 e. The molecule has 156 valence electrons. The Morgan fingerprint density at radius 1 is 1.10 bits per heavy atom. The SMILES string of the molecule is COc1cc(OC)cc(C(=O)N2CCCCC2c2nc(-c3ccc(F)cc3)no2)c1. The van der Waals surface area contributed by atoms with Crippen molar-refractivity contribution in [2.24, 2.45) is 0 Å². The van der Waals surface area contributed by atoms with E-state index in [1.807, 2.05) is 0 Å². The Kier molecular flexibility index (Phi) is 5.65. The summed E-state index contributed by atoms with van der Waals surface area (Å²) in [6.45, 7) is 0.581. The van der Waals surface area contributed by atoms with Gasteiger partial charge in [0.25, 0.3) is 5.91 Å². The lowest BCUT2D eigenvalue weighted by Gasteiger charge is -2.33. The van der Waals surface area contributed by atoms with E-state index in [0.717, 1.165) is 19.3 Å². The van der Waals surface area contributed by atoms with Crippen LogP contribution in [-0.4, -0.2) is 41.7 Å². The Morgan fingerprint density at radius 3 is 2.47 bits per heavy atom. The number of halogens is 1. The maximum atomic E-state index is 13.3. The third-order valence-electron chi connectivity index (χ3n) is 5.19. The van der Waals surface area contributed by atoms with Gasteiger partial charge in [-0.05, 0) is 55.7 Å². The number of hydrogen-bond acceptors (Lipinski definition) is 6. The molecule has 3 aromatic rings. The second-order valence-electron chi connectivity index (χ2n) is 7.07. The third-order valence-corrected chi connectivity index (χ3v) is 5.19. The Bertz CT molecular complexity index is 1010. The van der Waals surface area contributed by atoms with Crippen LogP contribution in [0.1, 0.15) is 41.6 Å². The molecule has 2 heterocycles. The van der Waals surface area contributed by atoms with Gasteiger partial charge in [0.15, 0.2) is 0 Å². The first-order chi connectivity index (χ1) is 14.6. The van der Waals surface area contributed by atoms with Gasteiger partial charge >= 0.3 is 0 Å². The summed E-state index contributed by atoms with van der Waals surface area (Å²) in [5.74, 6) is 1.34. The van der Waals surface area contributed by atoms with Crippen molar-refractivity contribution in [1.29, 1.82) is 0 Å². The molecule has 1 unspecified atom stereocenters. The van der Waals surface area contributed by atoms with Crippen LogP contribution in [0.2, 0.25) is 0 Å². The average Bonchev–Trinajstić information content (AvgIpc) is 3.28. The zero-order valence-corrected chi connectivity index (χ0v) is 16.8. The predicted molar refractivity (Wildman–Crippen MR) is 107 cm³/mol. The lowest BCUT2D eigenvalue weighted by molar-refractivity contribution is 0.0560. The highest BCUT2D eigenvalue weighted by Gasteiger charge is 2.33. The molecule has 0 N–H and O–H groups in total. The van der Waals surface area contributed by atoms with Crippen molar-refractivity contribution >= 4 is 5.91 Å². The fraction of sp³-hybridized carbons (Fsp3) is 0.318. The summed E-state index contributed by atoms with van der Waals surface area (Å²) in [7, 11) is 3.09. The number of methoxy groups -OCH3 is 2. The number of rotatable bonds is 5. The number of benzene rings is 2. The first-order valence-electron chi connectivity index (χ1n) is 9.72. The molecule has 1 aliphatic rings. The second kappa shape index (κ2) is 8.52. The van der Waals surface area contributed by atoms with E-state index < -0.39 is 0 Å². The molecular weight excluding hydrogens is 389 g/mol. The van der Waals surface area contributed by atoms with Crippen molar-refractivity contribution in [3.8, 4) is 22.9 Å². The van der Waals surface area contributed by atoms with Crippen molar-refractivity contribution in [2.75, 3.05) is 20.8 Å². The number of ether oxygens (including phenoxy) is 2. The summed E-state index contributed by atoms with van der Waals surface area (Å²) >= 11 is 0. The van der Waals surface area contributed by atoms with Crippen molar-refractivity contribution < 1.29 is 23.2 Å². The highest BCUT2D eigenvalue weighted by atomic mass is 19.1. The summed E-state index contributed by atoms with van der Waals surface area (Å²) in [5, 5.41) is 4.03. The molecule has 8 heteroatoms. The molecule has 30 heavy (non-hydrogen) atoms. The van der Waals surface area contributed by atoms with Crippen molar-refractivity contribution in [2.45, 2.75) is 25.3 Å². The molecule has 0 saturated carbocycles. The van der Waals surface area contributed by atoms with Gasteiger partial charge in [-0.3, -0.25) is 4.79 Å². The van der Waals surface area contributed by atoms with Gasteiger partial charge in [0, 0.05) is 23.7 Å². The number of amides is 1. The summed E-state index contributed by atoms with van der Waals surface area (Å²) < 4.78 is 29.3. The van der Waals surface area contributed by atoms with Gasteiger partial charge in [0.2, 0.25) is 11.7 Å².